The first kappa shape index (κ1) is 18.9. The third-order valence-corrected chi connectivity index (χ3v) is 4.05. The number of rotatable bonds is 5. The number of halogens is 3. The molecule has 0 radical (unpaired) electrons. The van der Waals surface area contributed by atoms with Crippen molar-refractivity contribution in [3.8, 4) is 6.01 Å². The van der Waals surface area contributed by atoms with E-state index < -0.39 is 11.9 Å². The number of aromatic nitrogens is 2. The van der Waals surface area contributed by atoms with Crippen LogP contribution in [-0.2, 0) is 11.0 Å². The fourth-order valence-corrected chi connectivity index (χ4v) is 2.83. The van der Waals surface area contributed by atoms with Crippen molar-refractivity contribution in [1.29, 1.82) is 0 Å². The van der Waals surface area contributed by atoms with Crippen LogP contribution in [-0.4, -0.2) is 22.0 Å². The maximum Gasteiger partial charge on any atom is 0.433 e. The number of nitrogens with zero attached hydrogens (tertiary/aromatic N) is 2. The molecule has 0 saturated heterocycles. The van der Waals surface area contributed by atoms with E-state index >= 15 is 0 Å². The van der Waals surface area contributed by atoms with Crippen LogP contribution in [0, 0.1) is 0 Å². The number of hydrogen-bond donors (Lipinski definition) is 2. The lowest BCUT2D eigenvalue weighted by atomic mass is 10.2. The number of carbonyl (C=O) groups excluding carboxylic acids is 1. The molecule has 6 nitrogen and oxygen atoms in total. The number of ether oxygens (including phenoxy) is 1. The molecule has 2 aromatic rings. The van der Waals surface area contributed by atoms with Crippen LogP contribution in [0.2, 0.25) is 0 Å². The smallest absolute Gasteiger partial charge is 0.433 e. The quantitative estimate of drug-likeness (QED) is 0.798. The molecule has 1 aliphatic carbocycles. The van der Waals surface area contributed by atoms with Gasteiger partial charge in [0, 0.05) is 24.4 Å². The van der Waals surface area contributed by atoms with Gasteiger partial charge < -0.3 is 15.4 Å². The molecule has 0 bridgehead atoms. The van der Waals surface area contributed by atoms with Gasteiger partial charge in [-0.2, -0.15) is 23.1 Å². The summed E-state index contributed by atoms with van der Waals surface area (Å²) in [6.45, 7) is 1.39. The van der Waals surface area contributed by atoms with E-state index in [2.05, 4.69) is 20.6 Å². The zero-order chi connectivity index (χ0) is 19.4. The normalized spacial score (nSPS) is 14.8. The molecule has 1 amide bonds. The lowest BCUT2D eigenvalue weighted by molar-refractivity contribution is -0.141. The van der Waals surface area contributed by atoms with Gasteiger partial charge >= 0.3 is 12.2 Å². The topological polar surface area (TPSA) is 76.1 Å². The molecular formula is C18H19F3N4O2. The van der Waals surface area contributed by atoms with Gasteiger partial charge in [-0.1, -0.05) is 0 Å². The lowest BCUT2D eigenvalue weighted by Crippen LogP contribution is -2.16. The minimum Gasteiger partial charge on any atom is -0.460 e. The average Bonchev–Trinajstić information content (AvgIpc) is 3.08. The number of alkyl halides is 3. The Bertz CT molecular complexity index is 803. The Morgan fingerprint density at radius 1 is 1.11 bits per heavy atom. The molecule has 1 saturated carbocycles. The van der Waals surface area contributed by atoms with Gasteiger partial charge in [0.2, 0.25) is 5.91 Å². The molecule has 9 heteroatoms. The van der Waals surface area contributed by atoms with Crippen molar-refractivity contribution >= 4 is 23.1 Å². The Balaban J connectivity index is 1.81. The van der Waals surface area contributed by atoms with Crippen molar-refractivity contribution in [3.05, 3.63) is 36.0 Å². The van der Waals surface area contributed by atoms with Gasteiger partial charge in [0.05, 0.1) is 0 Å². The Kier molecular flexibility index (Phi) is 5.48. The van der Waals surface area contributed by atoms with Crippen LogP contribution in [0.25, 0.3) is 0 Å². The van der Waals surface area contributed by atoms with Crippen molar-refractivity contribution in [2.45, 2.75) is 44.9 Å². The molecule has 1 fully saturated rings. The molecule has 0 unspecified atom stereocenters. The number of amides is 1. The van der Waals surface area contributed by atoms with E-state index in [0.29, 0.717) is 11.4 Å². The van der Waals surface area contributed by atoms with Gasteiger partial charge in [-0.15, -0.1) is 0 Å². The first-order valence-corrected chi connectivity index (χ1v) is 8.57. The molecule has 1 aromatic heterocycles. The maximum atomic E-state index is 13.2. The van der Waals surface area contributed by atoms with E-state index in [4.69, 9.17) is 4.74 Å². The van der Waals surface area contributed by atoms with E-state index in [1.807, 2.05) is 0 Å². The van der Waals surface area contributed by atoms with Crippen molar-refractivity contribution in [1.82, 2.24) is 9.97 Å². The third kappa shape index (κ3) is 5.32. The molecule has 2 N–H and O–H groups in total. The summed E-state index contributed by atoms with van der Waals surface area (Å²) in [6.07, 6.45) is -1.23. The van der Waals surface area contributed by atoms with Crippen LogP contribution < -0.4 is 15.4 Å². The number of anilines is 3. The van der Waals surface area contributed by atoms with Gasteiger partial charge in [0.25, 0.3) is 0 Å². The summed E-state index contributed by atoms with van der Waals surface area (Å²) in [5, 5.41) is 5.43. The van der Waals surface area contributed by atoms with E-state index in [-0.39, 0.29) is 23.8 Å². The summed E-state index contributed by atoms with van der Waals surface area (Å²) in [5.41, 5.74) is 0.0302. The number of benzene rings is 1. The summed E-state index contributed by atoms with van der Waals surface area (Å²) < 4.78 is 45.0. The Labute approximate surface area is 154 Å². The van der Waals surface area contributed by atoms with Crippen molar-refractivity contribution < 1.29 is 22.7 Å². The summed E-state index contributed by atoms with van der Waals surface area (Å²) in [7, 11) is 0. The largest absolute Gasteiger partial charge is 0.460 e. The van der Waals surface area contributed by atoms with Gasteiger partial charge in [-0.3, -0.25) is 4.79 Å². The second-order valence-corrected chi connectivity index (χ2v) is 6.33. The second kappa shape index (κ2) is 7.81. The summed E-state index contributed by atoms with van der Waals surface area (Å²) >= 11 is 0. The SMILES string of the molecule is CC(=O)Nc1ccc(Nc2cc(C(F)(F)F)nc(OC3CCCC3)n2)cc1. The summed E-state index contributed by atoms with van der Waals surface area (Å²) in [6, 6.07) is 7.06. The number of carbonyl (C=O) groups is 1. The van der Waals surface area contributed by atoms with Gasteiger partial charge in [-0.05, 0) is 49.9 Å². The van der Waals surface area contributed by atoms with Crippen LogP contribution in [0.5, 0.6) is 6.01 Å². The lowest BCUT2D eigenvalue weighted by Gasteiger charge is -2.15. The predicted octanol–water partition coefficient (Wildman–Crippen LogP) is 4.52. The van der Waals surface area contributed by atoms with Crippen LogP contribution in [0.1, 0.15) is 38.3 Å². The molecule has 1 aliphatic rings. The predicted molar refractivity (Wildman–Crippen MR) is 93.9 cm³/mol. The van der Waals surface area contributed by atoms with Gasteiger partial charge in [0.1, 0.15) is 11.9 Å². The van der Waals surface area contributed by atoms with E-state index in [9.17, 15) is 18.0 Å². The maximum absolute atomic E-state index is 13.2. The summed E-state index contributed by atoms with van der Waals surface area (Å²) in [5.74, 6) is -0.229. The molecule has 1 aromatic carbocycles. The Morgan fingerprint density at radius 3 is 2.33 bits per heavy atom. The molecule has 0 aliphatic heterocycles. The fourth-order valence-electron chi connectivity index (χ4n) is 2.83. The highest BCUT2D eigenvalue weighted by Gasteiger charge is 2.34. The Hall–Kier alpha value is -2.84. The van der Waals surface area contributed by atoms with Crippen molar-refractivity contribution in [2.75, 3.05) is 10.6 Å². The van der Waals surface area contributed by atoms with E-state index in [0.717, 1.165) is 31.7 Å². The van der Waals surface area contributed by atoms with Gasteiger partial charge in [-0.25, -0.2) is 0 Å². The third-order valence-electron chi connectivity index (χ3n) is 4.05. The molecular weight excluding hydrogens is 361 g/mol. The van der Waals surface area contributed by atoms with Crippen molar-refractivity contribution in [3.63, 3.8) is 0 Å². The molecule has 0 spiro atoms. The number of nitrogens with one attached hydrogen (secondary N) is 2. The Morgan fingerprint density at radius 2 is 1.74 bits per heavy atom. The zero-order valence-electron chi connectivity index (χ0n) is 14.6. The molecule has 27 heavy (non-hydrogen) atoms. The standard InChI is InChI=1S/C18H19F3N4O2/c1-11(26)22-12-6-8-13(9-7-12)23-16-10-15(18(19,20)21)24-17(25-16)27-14-4-2-3-5-14/h6-10,14H,2-5H2,1H3,(H,22,26)(H,23,24,25). The zero-order valence-corrected chi connectivity index (χ0v) is 14.6. The number of hydrogen-bond acceptors (Lipinski definition) is 5. The minimum atomic E-state index is -4.61. The second-order valence-electron chi connectivity index (χ2n) is 6.33. The van der Waals surface area contributed by atoms with Crippen LogP contribution in [0.4, 0.5) is 30.4 Å². The van der Waals surface area contributed by atoms with Crippen LogP contribution in [0.15, 0.2) is 30.3 Å². The average molecular weight is 380 g/mol. The van der Waals surface area contributed by atoms with Gasteiger partial charge in [0.15, 0.2) is 5.69 Å². The molecule has 3 rings (SSSR count). The summed E-state index contributed by atoms with van der Waals surface area (Å²) in [4.78, 5) is 18.6. The highest BCUT2D eigenvalue weighted by atomic mass is 19.4. The monoisotopic (exact) mass is 380 g/mol. The highest BCUT2D eigenvalue weighted by Crippen LogP contribution is 2.32. The van der Waals surface area contributed by atoms with Crippen LogP contribution >= 0.6 is 0 Å². The first-order valence-electron chi connectivity index (χ1n) is 8.57. The molecule has 1 heterocycles. The first-order chi connectivity index (χ1) is 12.8. The fraction of sp³-hybridized carbons (Fsp3) is 0.389. The minimum absolute atomic E-state index is 0.0161. The van der Waals surface area contributed by atoms with Crippen LogP contribution in [0.3, 0.4) is 0 Å². The van der Waals surface area contributed by atoms with E-state index in [1.54, 1.807) is 24.3 Å². The molecule has 144 valence electrons. The van der Waals surface area contributed by atoms with E-state index in [1.165, 1.54) is 6.92 Å². The van der Waals surface area contributed by atoms with Crippen molar-refractivity contribution in [2.24, 2.45) is 0 Å². The highest BCUT2D eigenvalue weighted by molar-refractivity contribution is 5.88. The molecule has 0 atom stereocenters.